The van der Waals surface area contributed by atoms with Gasteiger partial charge in [0.05, 0.1) is 12.7 Å². The fraction of sp³-hybridized carbons (Fsp3) is 0.500. The number of hydrogen-bond acceptors (Lipinski definition) is 7. The van der Waals surface area contributed by atoms with Gasteiger partial charge in [-0.15, -0.1) is 0 Å². The van der Waals surface area contributed by atoms with Crippen LogP contribution in [0.15, 0.2) is 11.0 Å². The maximum absolute atomic E-state index is 11.7. The van der Waals surface area contributed by atoms with Gasteiger partial charge >= 0.3 is 11.7 Å². The van der Waals surface area contributed by atoms with Gasteiger partial charge in [0.15, 0.2) is 0 Å². The Hall–Kier alpha value is -1.97. The molecule has 9 nitrogen and oxygen atoms in total. The van der Waals surface area contributed by atoms with Gasteiger partial charge in [0.25, 0.3) is 0 Å². The number of aromatic nitrogens is 2. The number of nitrogens with two attached hydrogens (primary N) is 1. The van der Waals surface area contributed by atoms with Gasteiger partial charge in [0.1, 0.15) is 23.7 Å². The molecule has 9 heteroatoms. The summed E-state index contributed by atoms with van der Waals surface area (Å²) in [4.78, 5) is 26.0. The molecule has 0 aromatic carbocycles. The van der Waals surface area contributed by atoms with Crippen LogP contribution in [-0.2, 0) is 4.74 Å². The number of carbonyl (C=O) groups is 1. The second kappa shape index (κ2) is 4.96. The van der Waals surface area contributed by atoms with E-state index in [2.05, 4.69) is 4.98 Å². The first kappa shape index (κ1) is 13.5. The van der Waals surface area contributed by atoms with Crippen molar-refractivity contribution in [1.29, 1.82) is 0 Å². The van der Waals surface area contributed by atoms with Crippen molar-refractivity contribution in [1.82, 2.24) is 9.55 Å². The number of aliphatic hydroxyl groups is 2. The van der Waals surface area contributed by atoms with Crippen molar-refractivity contribution in [2.75, 3.05) is 12.3 Å². The van der Waals surface area contributed by atoms with Gasteiger partial charge in [-0.2, -0.15) is 4.98 Å². The molecule has 1 saturated heterocycles. The molecule has 0 saturated carbocycles. The van der Waals surface area contributed by atoms with E-state index in [-0.39, 0.29) is 17.8 Å². The molecule has 1 aliphatic heterocycles. The van der Waals surface area contributed by atoms with Gasteiger partial charge in [-0.25, -0.2) is 9.59 Å². The fourth-order valence-electron chi connectivity index (χ4n) is 1.90. The summed E-state index contributed by atoms with van der Waals surface area (Å²) < 4.78 is 6.20. The Labute approximate surface area is 106 Å². The van der Waals surface area contributed by atoms with Crippen LogP contribution in [0.4, 0.5) is 5.82 Å². The molecule has 0 unspecified atom stereocenters. The topological polar surface area (TPSA) is 148 Å². The van der Waals surface area contributed by atoms with Crippen molar-refractivity contribution in [2.45, 2.75) is 24.9 Å². The molecule has 0 aliphatic carbocycles. The van der Waals surface area contributed by atoms with Crippen LogP contribution in [-0.4, -0.2) is 49.7 Å². The van der Waals surface area contributed by atoms with Gasteiger partial charge in [-0.1, -0.05) is 0 Å². The zero-order valence-corrected chi connectivity index (χ0v) is 9.76. The van der Waals surface area contributed by atoms with Gasteiger partial charge < -0.3 is 25.8 Å². The van der Waals surface area contributed by atoms with E-state index in [4.69, 9.17) is 20.7 Å². The zero-order chi connectivity index (χ0) is 14.2. The Morgan fingerprint density at radius 1 is 1.63 bits per heavy atom. The number of nitrogens with zero attached hydrogens (tertiary/aromatic N) is 2. The van der Waals surface area contributed by atoms with Crippen LogP contribution in [0, 0.1) is 0 Å². The average molecular weight is 271 g/mol. The molecular formula is C10H13N3O6. The Kier molecular flexibility index (Phi) is 3.51. The van der Waals surface area contributed by atoms with Crippen LogP contribution in [0.2, 0.25) is 0 Å². The lowest BCUT2D eigenvalue weighted by Crippen LogP contribution is -2.30. The summed E-state index contributed by atoms with van der Waals surface area (Å²) in [5.74, 6) is -1.71. The van der Waals surface area contributed by atoms with Crippen molar-refractivity contribution < 1.29 is 24.9 Å². The largest absolute Gasteiger partial charge is 0.478 e. The van der Waals surface area contributed by atoms with Gasteiger partial charge in [-0.05, 0) is 0 Å². The highest BCUT2D eigenvalue weighted by molar-refractivity contribution is 5.92. The predicted octanol–water partition coefficient (Wildman–Crippen LogP) is -1.84. The first-order valence-corrected chi connectivity index (χ1v) is 5.50. The van der Waals surface area contributed by atoms with Crippen molar-refractivity contribution in [3.05, 3.63) is 22.2 Å². The lowest BCUT2D eigenvalue weighted by atomic mass is 10.2. The number of aliphatic hydroxyl groups excluding tert-OH is 2. The number of hydrogen-bond donors (Lipinski definition) is 4. The van der Waals surface area contributed by atoms with Gasteiger partial charge in [-0.3, -0.25) is 4.57 Å². The van der Waals surface area contributed by atoms with Crippen LogP contribution < -0.4 is 11.4 Å². The second-order valence-corrected chi connectivity index (χ2v) is 4.15. The minimum Gasteiger partial charge on any atom is -0.478 e. The fourth-order valence-corrected chi connectivity index (χ4v) is 1.90. The smallest absolute Gasteiger partial charge is 0.351 e. The quantitative estimate of drug-likeness (QED) is 0.501. The maximum Gasteiger partial charge on any atom is 0.351 e. The van der Waals surface area contributed by atoms with E-state index in [1.807, 2.05) is 0 Å². The number of carboxylic acid groups (broad SMARTS) is 1. The highest BCUT2D eigenvalue weighted by Crippen LogP contribution is 2.27. The highest BCUT2D eigenvalue weighted by atomic mass is 16.5. The van der Waals surface area contributed by atoms with E-state index in [1.54, 1.807) is 0 Å². The Balaban J connectivity index is 2.38. The van der Waals surface area contributed by atoms with E-state index in [1.165, 1.54) is 0 Å². The van der Waals surface area contributed by atoms with Gasteiger partial charge in [0.2, 0.25) is 0 Å². The molecule has 1 aliphatic rings. The molecule has 0 amide bonds. The van der Waals surface area contributed by atoms with E-state index in [0.717, 1.165) is 10.8 Å². The van der Waals surface area contributed by atoms with Crippen molar-refractivity contribution in [3.63, 3.8) is 0 Å². The molecule has 0 spiro atoms. The third kappa shape index (κ3) is 2.43. The molecule has 0 radical (unpaired) electrons. The summed E-state index contributed by atoms with van der Waals surface area (Å²) in [6, 6.07) is 0. The second-order valence-electron chi connectivity index (χ2n) is 4.15. The Bertz CT molecular complexity index is 557. The third-order valence-corrected chi connectivity index (χ3v) is 2.91. The molecular weight excluding hydrogens is 258 g/mol. The van der Waals surface area contributed by atoms with Crippen LogP contribution in [0.5, 0.6) is 0 Å². The molecule has 1 aromatic heterocycles. The lowest BCUT2D eigenvalue weighted by molar-refractivity contribution is -0.0459. The molecule has 19 heavy (non-hydrogen) atoms. The summed E-state index contributed by atoms with van der Waals surface area (Å²) in [5, 5.41) is 27.4. The highest BCUT2D eigenvalue weighted by Gasteiger charge is 2.35. The van der Waals surface area contributed by atoms with Crippen LogP contribution in [0.1, 0.15) is 23.0 Å². The standard InChI is InChI=1S/C10H13N3O6/c11-8-4(9(16)17)2-13(10(18)12-8)7-1-5(15)6(3-14)19-7/h2,5-7,14-15H,1,3H2,(H,16,17)(H2,11,12,18)/t5-,6+,7+/m0/s1. The van der Waals surface area contributed by atoms with Crippen molar-refractivity contribution in [2.24, 2.45) is 0 Å². The first-order valence-electron chi connectivity index (χ1n) is 5.50. The molecule has 2 rings (SSSR count). The maximum atomic E-state index is 11.7. The number of nitrogen functional groups attached to an aromatic ring is 1. The monoisotopic (exact) mass is 271 g/mol. The summed E-state index contributed by atoms with van der Waals surface area (Å²) in [7, 11) is 0. The molecule has 1 fully saturated rings. The molecule has 1 aromatic rings. The van der Waals surface area contributed by atoms with Crippen LogP contribution in [0.3, 0.4) is 0 Å². The molecule has 5 N–H and O–H groups in total. The zero-order valence-electron chi connectivity index (χ0n) is 9.76. The van der Waals surface area contributed by atoms with Crippen molar-refractivity contribution >= 4 is 11.8 Å². The SMILES string of the molecule is Nc1nc(=O)n([C@H]2C[C@H](O)[C@@H](CO)O2)cc1C(=O)O. The molecule has 104 valence electrons. The van der Waals surface area contributed by atoms with E-state index in [0.29, 0.717) is 0 Å². The normalized spacial score (nSPS) is 26.5. The van der Waals surface area contributed by atoms with Crippen LogP contribution in [0.25, 0.3) is 0 Å². The van der Waals surface area contributed by atoms with E-state index in [9.17, 15) is 14.7 Å². The third-order valence-electron chi connectivity index (χ3n) is 2.91. The molecule has 2 heterocycles. The molecule has 3 atom stereocenters. The summed E-state index contributed by atoms with van der Waals surface area (Å²) >= 11 is 0. The van der Waals surface area contributed by atoms with Gasteiger partial charge in [0, 0.05) is 12.6 Å². The number of ether oxygens (including phenoxy) is 1. The first-order chi connectivity index (χ1) is 8.93. The number of rotatable bonds is 3. The number of aromatic carboxylic acids is 1. The summed E-state index contributed by atoms with van der Waals surface area (Å²) in [5.41, 5.74) is 4.23. The number of anilines is 1. The summed E-state index contributed by atoms with van der Waals surface area (Å²) in [6.07, 6.45) is -1.57. The lowest BCUT2D eigenvalue weighted by Gasteiger charge is -2.15. The van der Waals surface area contributed by atoms with E-state index >= 15 is 0 Å². The van der Waals surface area contributed by atoms with Crippen LogP contribution >= 0.6 is 0 Å². The Morgan fingerprint density at radius 2 is 2.32 bits per heavy atom. The summed E-state index contributed by atoms with van der Waals surface area (Å²) in [6.45, 7) is -0.402. The minimum atomic E-state index is -1.32. The van der Waals surface area contributed by atoms with E-state index < -0.39 is 36.7 Å². The average Bonchev–Trinajstić information content (AvgIpc) is 2.69. The Morgan fingerprint density at radius 3 is 2.84 bits per heavy atom. The minimum absolute atomic E-state index is 0.0514. The predicted molar refractivity (Wildman–Crippen MR) is 61.5 cm³/mol. The van der Waals surface area contributed by atoms with Crippen molar-refractivity contribution in [3.8, 4) is 0 Å². The number of carboxylic acids is 1. The molecule has 0 bridgehead atoms.